The standard InChI is InChI=1S/C13H12O2/c1-3-7-12(13(14)15-2)10-11-8-5-4-6-9-11/h1,4-6,8-10H,7H2,2H3/b12-10-. The molecule has 1 aromatic rings. The van der Waals surface area contributed by atoms with Crippen LogP contribution in [0, 0.1) is 12.3 Å². The quantitative estimate of drug-likeness (QED) is 0.425. The average molecular weight is 200 g/mol. The van der Waals surface area contributed by atoms with E-state index in [2.05, 4.69) is 10.7 Å². The fourth-order valence-corrected chi connectivity index (χ4v) is 1.17. The second kappa shape index (κ2) is 5.66. The topological polar surface area (TPSA) is 26.3 Å². The monoisotopic (exact) mass is 200 g/mol. The Bertz CT molecular complexity index is 396. The van der Waals surface area contributed by atoms with Gasteiger partial charge >= 0.3 is 5.97 Å². The van der Waals surface area contributed by atoms with Crippen molar-refractivity contribution < 1.29 is 9.53 Å². The first-order chi connectivity index (χ1) is 7.27. The molecule has 0 amide bonds. The lowest BCUT2D eigenvalue weighted by atomic mass is 10.1. The largest absolute Gasteiger partial charge is 0.466 e. The van der Waals surface area contributed by atoms with Crippen LogP contribution in [-0.2, 0) is 9.53 Å². The molecule has 0 fully saturated rings. The van der Waals surface area contributed by atoms with Crippen LogP contribution in [-0.4, -0.2) is 13.1 Å². The molecular formula is C13H12O2. The fraction of sp³-hybridized carbons (Fsp3) is 0.154. The van der Waals surface area contributed by atoms with Gasteiger partial charge in [-0.05, 0) is 11.6 Å². The van der Waals surface area contributed by atoms with E-state index in [-0.39, 0.29) is 12.4 Å². The van der Waals surface area contributed by atoms with E-state index in [0.717, 1.165) is 5.56 Å². The van der Waals surface area contributed by atoms with Crippen LogP contribution in [0.1, 0.15) is 12.0 Å². The van der Waals surface area contributed by atoms with E-state index in [1.807, 2.05) is 30.3 Å². The molecule has 2 nitrogen and oxygen atoms in total. The summed E-state index contributed by atoms with van der Waals surface area (Å²) in [5, 5.41) is 0. The van der Waals surface area contributed by atoms with E-state index in [0.29, 0.717) is 5.57 Å². The number of rotatable bonds is 3. The summed E-state index contributed by atoms with van der Waals surface area (Å²) in [5.74, 6) is 2.06. The number of carbonyl (C=O) groups is 1. The predicted octanol–water partition coefficient (Wildman–Crippen LogP) is 2.27. The zero-order chi connectivity index (χ0) is 11.1. The molecule has 0 N–H and O–H groups in total. The molecule has 0 aliphatic carbocycles. The molecule has 0 aromatic heterocycles. The highest BCUT2D eigenvalue weighted by atomic mass is 16.5. The Kier molecular flexibility index (Phi) is 4.18. The van der Waals surface area contributed by atoms with Gasteiger partial charge in [0.15, 0.2) is 0 Å². The number of esters is 1. The maximum atomic E-state index is 11.3. The van der Waals surface area contributed by atoms with Crippen molar-refractivity contribution in [3.05, 3.63) is 41.5 Å². The molecule has 2 heteroatoms. The Morgan fingerprint density at radius 3 is 2.67 bits per heavy atom. The van der Waals surface area contributed by atoms with Crippen LogP contribution >= 0.6 is 0 Å². The van der Waals surface area contributed by atoms with Crippen LogP contribution < -0.4 is 0 Å². The summed E-state index contributed by atoms with van der Waals surface area (Å²) in [6, 6.07) is 9.52. The smallest absolute Gasteiger partial charge is 0.334 e. The normalized spacial score (nSPS) is 10.5. The second-order valence-electron chi connectivity index (χ2n) is 2.95. The summed E-state index contributed by atoms with van der Waals surface area (Å²) in [6.07, 6.45) is 7.20. The van der Waals surface area contributed by atoms with Crippen LogP contribution in [0.5, 0.6) is 0 Å². The molecule has 0 saturated heterocycles. The Hall–Kier alpha value is -2.01. The minimum Gasteiger partial charge on any atom is -0.466 e. The van der Waals surface area contributed by atoms with Gasteiger partial charge in [0.1, 0.15) is 0 Å². The molecule has 76 valence electrons. The van der Waals surface area contributed by atoms with Crippen LogP contribution in [0.2, 0.25) is 0 Å². The third-order valence-corrected chi connectivity index (χ3v) is 1.88. The number of benzene rings is 1. The minimum atomic E-state index is -0.378. The van der Waals surface area contributed by atoms with E-state index in [4.69, 9.17) is 6.42 Å². The second-order valence-corrected chi connectivity index (χ2v) is 2.95. The summed E-state index contributed by atoms with van der Waals surface area (Å²) in [4.78, 5) is 11.3. The Labute approximate surface area is 89.6 Å². The number of carbonyl (C=O) groups excluding carboxylic acids is 1. The van der Waals surface area contributed by atoms with Gasteiger partial charge in [-0.3, -0.25) is 0 Å². The summed E-state index contributed by atoms with van der Waals surface area (Å²) in [7, 11) is 1.34. The maximum absolute atomic E-state index is 11.3. The number of terminal acetylenes is 1. The van der Waals surface area contributed by atoms with Gasteiger partial charge in [-0.1, -0.05) is 30.3 Å². The van der Waals surface area contributed by atoms with E-state index in [9.17, 15) is 4.79 Å². The average Bonchev–Trinajstić information content (AvgIpc) is 2.29. The molecule has 0 bridgehead atoms. The first-order valence-corrected chi connectivity index (χ1v) is 4.55. The van der Waals surface area contributed by atoms with E-state index >= 15 is 0 Å². The molecule has 0 aliphatic heterocycles. The predicted molar refractivity (Wildman–Crippen MR) is 59.9 cm³/mol. The van der Waals surface area contributed by atoms with Crippen LogP contribution in [0.25, 0.3) is 6.08 Å². The highest BCUT2D eigenvalue weighted by Gasteiger charge is 2.07. The van der Waals surface area contributed by atoms with Gasteiger partial charge in [-0.15, -0.1) is 12.3 Å². The molecule has 1 aromatic carbocycles. The molecule has 0 heterocycles. The molecule has 0 aliphatic rings. The SMILES string of the molecule is C#CC/C(=C/c1ccccc1)C(=O)OC. The molecular weight excluding hydrogens is 188 g/mol. The Morgan fingerprint density at radius 2 is 2.13 bits per heavy atom. The van der Waals surface area contributed by atoms with Gasteiger partial charge in [0, 0.05) is 12.0 Å². The lowest BCUT2D eigenvalue weighted by Crippen LogP contribution is -2.03. The molecule has 0 spiro atoms. The lowest BCUT2D eigenvalue weighted by Gasteiger charge is -2.01. The summed E-state index contributed by atoms with van der Waals surface area (Å²) in [5.41, 5.74) is 1.43. The van der Waals surface area contributed by atoms with Crippen molar-refractivity contribution in [1.82, 2.24) is 0 Å². The highest BCUT2D eigenvalue weighted by Crippen LogP contribution is 2.10. The van der Waals surface area contributed by atoms with Crippen molar-refractivity contribution in [3.8, 4) is 12.3 Å². The highest BCUT2D eigenvalue weighted by molar-refractivity contribution is 5.94. The van der Waals surface area contributed by atoms with Crippen LogP contribution in [0.4, 0.5) is 0 Å². The number of methoxy groups -OCH3 is 1. The van der Waals surface area contributed by atoms with Gasteiger partial charge in [-0.25, -0.2) is 4.79 Å². The van der Waals surface area contributed by atoms with Crippen molar-refractivity contribution in [2.75, 3.05) is 7.11 Å². The third kappa shape index (κ3) is 3.32. The van der Waals surface area contributed by atoms with Gasteiger partial charge in [0.2, 0.25) is 0 Å². The molecule has 0 atom stereocenters. The van der Waals surface area contributed by atoms with Crippen molar-refractivity contribution in [3.63, 3.8) is 0 Å². The Balaban J connectivity index is 2.95. The van der Waals surface area contributed by atoms with Crippen LogP contribution in [0.15, 0.2) is 35.9 Å². The van der Waals surface area contributed by atoms with Gasteiger partial charge < -0.3 is 4.74 Å². The summed E-state index contributed by atoms with van der Waals surface area (Å²) in [6.45, 7) is 0. The van der Waals surface area contributed by atoms with Gasteiger partial charge in [0.25, 0.3) is 0 Å². The zero-order valence-corrected chi connectivity index (χ0v) is 8.57. The fourth-order valence-electron chi connectivity index (χ4n) is 1.17. The lowest BCUT2D eigenvalue weighted by molar-refractivity contribution is -0.136. The summed E-state index contributed by atoms with van der Waals surface area (Å²) >= 11 is 0. The number of hydrogen-bond donors (Lipinski definition) is 0. The minimum absolute atomic E-state index is 0.279. The van der Waals surface area contributed by atoms with Crippen molar-refractivity contribution in [2.45, 2.75) is 6.42 Å². The van der Waals surface area contributed by atoms with Crippen LogP contribution in [0.3, 0.4) is 0 Å². The van der Waals surface area contributed by atoms with E-state index in [1.54, 1.807) is 6.08 Å². The van der Waals surface area contributed by atoms with Gasteiger partial charge in [-0.2, -0.15) is 0 Å². The summed E-state index contributed by atoms with van der Waals surface area (Å²) < 4.78 is 4.63. The van der Waals surface area contributed by atoms with Crippen molar-refractivity contribution >= 4 is 12.0 Å². The molecule has 15 heavy (non-hydrogen) atoms. The zero-order valence-electron chi connectivity index (χ0n) is 8.57. The Morgan fingerprint density at radius 1 is 1.47 bits per heavy atom. The first-order valence-electron chi connectivity index (χ1n) is 4.55. The number of hydrogen-bond acceptors (Lipinski definition) is 2. The molecule has 0 radical (unpaired) electrons. The van der Waals surface area contributed by atoms with Crippen molar-refractivity contribution in [1.29, 1.82) is 0 Å². The molecule has 0 saturated carbocycles. The van der Waals surface area contributed by atoms with E-state index < -0.39 is 0 Å². The van der Waals surface area contributed by atoms with Crippen molar-refractivity contribution in [2.24, 2.45) is 0 Å². The molecule has 1 rings (SSSR count). The van der Waals surface area contributed by atoms with E-state index in [1.165, 1.54) is 7.11 Å². The molecule has 0 unspecified atom stereocenters. The number of ether oxygens (including phenoxy) is 1. The third-order valence-electron chi connectivity index (χ3n) is 1.88. The maximum Gasteiger partial charge on any atom is 0.334 e. The first kappa shape index (κ1) is 11.1. The van der Waals surface area contributed by atoms with Gasteiger partial charge in [0.05, 0.1) is 7.11 Å².